The van der Waals surface area contributed by atoms with Gasteiger partial charge in [0, 0.05) is 43.3 Å². The number of rotatable bonds is 2. The smallest absolute Gasteiger partial charge is 0.160 e. The fraction of sp³-hybridized carbons (Fsp3) is 0.0833. The van der Waals surface area contributed by atoms with Crippen LogP contribution >= 0.6 is 0 Å². The van der Waals surface area contributed by atoms with Crippen molar-refractivity contribution in [3.8, 4) is 0 Å². The second-order valence-corrected chi connectivity index (χ2v) is 7.41. The molecular formula is C24H18BN2. The molecule has 2 N–H and O–H groups in total. The Morgan fingerprint density at radius 1 is 0.741 bits per heavy atom. The molecule has 0 saturated heterocycles. The Balaban J connectivity index is 1.41. The van der Waals surface area contributed by atoms with Gasteiger partial charge in [0.15, 0.2) is 7.28 Å². The first-order valence-electron chi connectivity index (χ1n) is 9.49. The molecular weight excluding hydrogens is 327 g/mol. The number of hydrogen-bond donors (Lipinski definition) is 2. The highest BCUT2D eigenvalue weighted by atomic mass is 14.7. The molecule has 1 radical (unpaired) electrons. The average Bonchev–Trinajstić information content (AvgIpc) is 3.26. The highest BCUT2D eigenvalue weighted by Crippen LogP contribution is 2.24. The van der Waals surface area contributed by atoms with E-state index in [0.717, 1.165) is 6.42 Å². The normalized spacial score (nSPS) is 16.2. The lowest BCUT2D eigenvalue weighted by molar-refractivity contribution is 1.09. The van der Waals surface area contributed by atoms with Gasteiger partial charge >= 0.3 is 0 Å². The van der Waals surface area contributed by atoms with Crippen LogP contribution in [0.5, 0.6) is 0 Å². The van der Waals surface area contributed by atoms with Crippen LogP contribution in [0.3, 0.4) is 0 Å². The molecule has 1 atom stereocenters. The SMILES string of the molecule is [B](c1ccc2[nH]c3ccccc3c2c1)C1C=c2c([nH]c3ccccc23)=CC1. The zero-order valence-electron chi connectivity index (χ0n) is 14.9. The number of aromatic amines is 2. The third kappa shape index (κ3) is 2.35. The fourth-order valence-electron chi connectivity index (χ4n) is 4.39. The maximum atomic E-state index is 3.54. The summed E-state index contributed by atoms with van der Waals surface area (Å²) in [6, 6.07) is 23.8. The van der Waals surface area contributed by atoms with Crippen molar-refractivity contribution >= 4 is 57.6 Å². The van der Waals surface area contributed by atoms with Crippen LogP contribution in [-0.2, 0) is 0 Å². The summed E-state index contributed by atoms with van der Waals surface area (Å²) in [5.74, 6) is 0.416. The van der Waals surface area contributed by atoms with Crippen molar-refractivity contribution in [1.82, 2.24) is 9.97 Å². The summed E-state index contributed by atoms with van der Waals surface area (Å²) in [5.41, 5.74) is 4.90. The van der Waals surface area contributed by atoms with Gasteiger partial charge in [-0.15, -0.1) is 0 Å². The lowest BCUT2D eigenvalue weighted by atomic mass is 9.57. The van der Waals surface area contributed by atoms with Crippen molar-refractivity contribution in [2.45, 2.75) is 12.2 Å². The van der Waals surface area contributed by atoms with Crippen LogP contribution in [0.15, 0.2) is 66.7 Å². The molecule has 0 saturated carbocycles. The molecule has 0 bridgehead atoms. The van der Waals surface area contributed by atoms with Gasteiger partial charge < -0.3 is 9.97 Å². The quantitative estimate of drug-likeness (QED) is 0.459. The van der Waals surface area contributed by atoms with Crippen molar-refractivity contribution in [3.63, 3.8) is 0 Å². The number of para-hydroxylation sites is 2. The Labute approximate surface area is 157 Å². The molecule has 127 valence electrons. The van der Waals surface area contributed by atoms with Gasteiger partial charge in [0.1, 0.15) is 0 Å². The topological polar surface area (TPSA) is 31.6 Å². The Morgan fingerprint density at radius 3 is 2.37 bits per heavy atom. The van der Waals surface area contributed by atoms with Crippen molar-refractivity contribution in [3.05, 3.63) is 77.3 Å². The fourth-order valence-corrected chi connectivity index (χ4v) is 4.39. The first kappa shape index (κ1) is 14.9. The molecule has 0 amide bonds. The van der Waals surface area contributed by atoms with Gasteiger partial charge in [-0.3, -0.25) is 0 Å². The molecule has 1 aliphatic rings. The molecule has 2 nitrogen and oxygen atoms in total. The zero-order chi connectivity index (χ0) is 17.8. The van der Waals surface area contributed by atoms with Gasteiger partial charge in [-0.05, 0) is 30.4 Å². The maximum Gasteiger partial charge on any atom is 0.160 e. The third-order valence-electron chi connectivity index (χ3n) is 5.69. The molecule has 3 aromatic carbocycles. The molecule has 27 heavy (non-hydrogen) atoms. The third-order valence-corrected chi connectivity index (χ3v) is 5.69. The Hall–Kier alpha value is -3.20. The van der Waals surface area contributed by atoms with Gasteiger partial charge in [0.05, 0.1) is 0 Å². The van der Waals surface area contributed by atoms with Crippen LogP contribution in [0.2, 0.25) is 5.82 Å². The van der Waals surface area contributed by atoms with E-state index in [0.29, 0.717) is 5.82 Å². The van der Waals surface area contributed by atoms with Gasteiger partial charge in [-0.25, -0.2) is 0 Å². The van der Waals surface area contributed by atoms with Crippen LogP contribution in [0, 0.1) is 0 Å². The van der Waals surface area contributed by atoms with E-state index in [4.69, 9.17) is 0 Å². The summed E-state index contributed by atoms with van der Waals surface area (Å²) >= 11 is 0. The monoisotopic (exact) mass is 345 g/mol. The molecule has 5 aromatic rings. The summed E-state index contributed by atoms with van der Waals surface area (Å²) in [7, 11) is 2.39. The zero-order valence-corrected chi connectivity index (χ0v) is 14.9. The van der Waals surface area contributed by atoms with Crippen molar-refractivity contribution in [2.24, 2.45) is 0 Å². The maximum absolute atomic E-state index is 3.54. The summed E-state index contributed by atoms with van der Waals surface area (Å²) in [5, 5.41) is 6.50. The van der Waals surface area contributed by atoms with Crippen LogP contribution < -0.4 is 16.0 Å². The van der Waals surface area contributed by atoms with Crippen LogP contribution in [0.4, 0.5) is 0 Å². The number of fused-ring (bicyclic) bond motifs is 6. The molecule has 3 heteroatoms. The second-order valence-electron chi connectivity index (χ2n) is 7.41. The molecule has 2 aromatic heterocycles. The van der Waals surface area contributed by atoms with Gasteiger partial charge in [-0.1, -0.05) is 66.1 Å². The van der Waals surface area contributed by atoms with E-state index in [1.807, 2.05) is 0 Å². The Morgan fingerprint density at radius 2 is 1.48 bits per heavy atom. The predicted molar refractivity (Wildman–Crippen MR) is 116 cm³/mol. The average molecular weight is 345 g/mol. The number of nitrogens with one attached hydrogen (secondary N) is 2. The minimum absolute atomic E-state index is 0.416. The van der Waals surface area contributed by atoms with Crippen molar-refractivity contribution < 1.29 is 0 Å². The lowest BCUT2D eigenvalue weighted by Crippen LogP contribution is -2.29. The van der Waals surface area contributed by atoms with E-state index in [-0.39, 0.29) is 0 Å². The molecule has 2 heterocycles. The van der Waals surface area contributed by atoms with E-state index in [1.54, 1.807) is 0 Å². The van der Waals surface area contributed by atoms with E-state index in [1.165, 1.54) is 48.7 Å². The summed E-state index contributed by atoms with van der Waals surface area (Å²) < 4.78 is 0. The highest BCUT2D eigenvalue weighted by Gasteiger charge is 2.14. The van der Waals surface area contributed by atoms with E-state index in [2.05, 4.69) is 96.1 Å². The van der Waals surface area contributed by atoms with E-state index < -0.39 is 0 Å². The number of H-pyrrole nitrogens is 2. The van der Waals surface area contributed by atoms with Crippen LogP contribution in [0.25, 0.3) is 44.9 Å². The highest BCUT2D eigenvalue weighted by molar-refractivity contribution is 6.57. The first-order valence-corrected chi connectivity index (χ1v) is 9.49. The first-order chi connectivity index (χ1) is 13.3. The molecule has 1 aliphatic carbocycles. The molecule has 0 spiro atoms. The Bertz CT molecular complexity index is 1440. The number of benzene rings is 3. The van der Waals surface area contributed by atoms with Gasteiger partial charge in [0.25, 0.3) is 0 Å². The van der Waals surface area contributed by atoms with Gasteiger partial charge in [0.2, 0.25) is 0 Å². The number of hydrogen-bond acceptors (Lipinski definition) is 0. The Kier molecular flexibility index (Phi) is 3.12. The van der Waals surface area contributed by atoms with Crippen molar-refractivity contribution in [2.75, 3.05) is 0 Å². The summed E-state index contributed by atoms with van der Waals surface area (Å²) in [6.45, 7) is 0. The van der Waals surface area contributed by atoms with E-state index >= 15 is 0 Å². The van der Waals surface area contributed by atoms with Crippen LogP contribution in [0.1, 0.15) is 6.42 Å². The van der Waals surface area contributed by atoms with Gasteiger partial charge in [-0.2, -0.15) is 0 Å². The number of aromatic nitrogens is 2. The predicted octanol–water partition coefficient (Wildman–Crippen LogP) is 3.59. The minimum atomic E-state index is 0.416. The molecule has 6 rings (SSSR count). The second kappa shape index (κ2) is 5.65. The van der Waals surface area contributed by atoms with E-state index in [9.17, 15) is 0 Å². The minimum Gasteiger partial charge on any atom is -0.355 e. The molecule has 0 fully saturated rings. The molecule has 0 aliphatic heterocycles. The molecule has 1 unspecified atom stereocenters. The van der Waals surface area contributed by atoms with Crippen molar-refractivity contribution in [1.29, 1.82) is 0 Å². The largest absolute Gasteiger partial charge is 0.355 e. The summed E-state index contributed by atoms with van der Waals surface area (Å²) in [4.78, 5) is 7.04. The lowest BCUT2D eigenvalue weighted by Gasteiger charge is -2.12. The van der Waals surface area contributed by atoms with Crippen LogP contribution in [-0.4, -0.2) is 17.2 Å². The standard InChI is InChI=1S/C24H18BN2/c1-3-7-21-17(5-1)19-13-15(9-11-23(19)26-21)25-16-10-12-24-20(14-16)18-6-2-4-8-22(18)27-24/h1-9,11-14,16,26-27H,10H2. The summed E-state index contributed by atoms with van der Waals surface area (Å²) in [6.07, 6.45) is 5.78.